The molecule has 3 heterocycles. The lowest BCUT2D eigenvalue weighted by atomic mass is 10.1. The zero-order valence-corrected chi connectivity index (χ0v) is 11.8. The van der Waals surface area contributed by atoms with Crippen molar-refractivity contribution in [2.45, 2.75) is 25.4 Å². The Morgan fingerprint density at radius 2 is 2.43 bits per heavy atom. The Labute approximate surface area is 122 Å². The summed E-state index contributed by atoms with van der Waals surface area (Å²) in [5, 5.41) is 6.89. The molecule has 2 aromatic rings. The number of amides is 1. The number of aromatic nitrogens is 4. The van der Waals surface area contributed by atoms with E-state index in [1.165, 1.54) is 0 Å². The predicted molar refractivity (Wildman–Crippen MR) is 75.3 cm³/mol. The van der Waals surface area contributed by atoms with Crippen LogP contribution in [0, 0.1) is 0 Å². The highest BCUT2D eigenvalue weighted by atomic mass is 16.5. The van der Waals surface area contributed by atoms with E-state index >= 15 is 0 Å². The molecule has 1 aliphatic heterocycles. The third-order valence-electron chi connectivity index (χ3n) is 3.70. The molecule has 1 fully saturated rings. The van der Waals surface area contributed by atoms with Crippen molar-refractivity contribution in [3.63, 3.8) is 0 Å². The molecule has 0 spiro atoms. The number of imidazole rings is 1. The van der Waals surface area contributed by atoms with Crippen molar-refractivity contribution >= 4 is 5.91 Å². The number of rotatable bonds is 5. The van der Waals surface area contributed by atoms with Gasteiger partial charge in [0.1, 0.15) is 0 Å². The number of carbonyl (C=O) groups is 1. The number of aromatic amines is 1. The number of carbonyl (C=O) groups excluding carboxylic acids is 1. The molecule has 1 saturated heterocycles. The first-order chi connectivity index (χ1) is 10.3. The van der Waals surface area contributed by atoms with Crippen LogP contribution in [0.4, 0.5) is 0 Å². The Hall–Kier alpha value is -2.15. The molecule has 0 radical (unpaired) electrons. The summed E-state index contributed by atoms with van der Waals surface area (Å²) in [4.78, 5) is 18.3. The highest BCUT2D eigenvalue weighted by molar-refractivity contribution is 5.76. The first-order valence-corrected chi connectivity index (χ1v) is 7.17. The fraction of sp³-hybridized carbons (Fsp3) is 0.500. The molecule has 1 unspecified atom stereocenters. The van der Waals surface area contributed by atoms with E-state index in [1.807, 2.05) is 21.7 Å². The monoisotopic (exact) mass is 289 g/mol. The molecule has 21 heavy (non-hydrogen) atoms. The second-order valence-electron chi connectivity index (χ2n) is 5.09. The maximum absolute atomic E-state index is 12.4. The number of nitrogens with one attached hydrogen (secondary N) is 1. The maximum Gasteiger partial charge on any atom is 0.223 e. The molecule has 3 rings (SSSR count). The second kappa shape index (κ2) is 6.53. The lowest BCUT2D eigenvalue weighted by molar-refractivity contribution is -0.140. The number of hydrogen-bond donors (Lipinski definition) is 1. The van der Waals surface area contributed by atoms with Crippen molar-refractivity contribution in [3.05, 3.63) is 36.7 Å². The molecule has 2 aromatic heterocycles. The van der Waals surface area contributed by atoms with Gasteiger partial charge in [0.15, 0.2) is 0 Å². The van der Waals surface area contributed by atoms with Crippen LogP contribution in [-0.4, -0.2) is 50.3 Å². The Balaban J connectivity index is 1.56. The Morgan fingerprint density at radius 1 is 1.48 bits per heavy atom. The normalized spacial score (nSPS) is 18.9. The number of H-pyrrole nitrogens is 1. The second-order valence-corrected chi connectivity index (χ2v) is 5.09. The summed E-state index contributed by atoms with van der Waals surface area (Å²) in [7, 11) is 0. The Bertz CT molecular complexity index is 552. The van der Waals surface area contributed by atoms with E-state index < -0.39 is 0 Å². The first-order valence-electron chi connectivity index (χ1n) is 7.17. The Kier molecular flexibility index (Phi) is 4.30. The van der Waals surface area contributed by atoms with E-state index in [0.717, 1.165) is 18.7 Å². The third-order valence-corrected chi connectivity index (χ3v) is 3.70. The molecular weight excluding hydrogens is 270 g/mol. The average molecular weight is 289 g/mol. The van der Waals surface area contributed by atoms with Gasteiger partial charge in [-0.3, -0.25) is 9.89 Å². The lowest BCUT2D eigenvalue weighted by Crippen LogP contribution is -2.43. The quantitative estimate of drug-likeness (QED) is 0.890. The van der Waals surface area contributed by atoms with E-state index in [2.05, 4.69) is 15.2 Å². The number of ether oxygens (including phenoxy) is 1. The van der Waals surface area contributed by atoms with Crippen molar-refractivity contribution in [2.75, 3.05) is 19.8 Å². The fourth-order valence-corrected chi connectivity index (χ4v) is 2.59. The van der Waals surface area contributed by atoms with Crippen LogP contribution in [0.5, 0.6) is 0 Å². The topological polar surface area (TPSA) is 76.0 Å². The first kappa shape index (κ1) is 13.8. The molecule has 0 bridgehead atoms. The van der Waals surface area contributed by atoms with E-state index in [9.17, 15) is 4.79 Å². The van der Waals surface area contributed by atoms with Gasteiger partial charge in [0, 0.05) is 38.1 Å². The number of nitrogens with zero attached hydrogens (tertiary/aromatic N) is 4. The zero-order valence-electron chi connectivity index (χ0n) is 11.8. The summed E-state index contributed by atoms with van der Waals surface area (Å²) < 4.78 is 7.48. The molecule has 7 heteroatoms. The van der Waals surface area contributed by atoms with Crippen LogP contribution in [0.1, 0.15) is 24.6 Å². The molecule has 1 N–H and O–H groups in total. The van der Waals surface area contributed by atoms with Gasteiger partial charge in [-0.05, 0) is 12.5 Å². The van der Waals surface area contributed by atoms with Gasteiger partial charge < -0.3 is 14.2 Å². The van der Waals surface area contributed by atoms with Crippen LogP contribution < -0.4 is 0 Å². The molecule has 1 amide bonds. The van der Waals surface area contributed by atoms with E-state index in [4.69, 9.17) is 4.74 Å². The smallest absolute Gasteiger partial charge is 0.223 e. The molecule has 0 saturated carbocycles. The van der Waals surface area contributed by atoms with Crippen LogP contribution in [0.2, 0.25) is 0 Å². The summed E-state index contributed by atoms with van der Waals surface area (Å²) in [6.07, 6.45) is 8.47. The average Bonchev–Trinajstić information content (AvgIpc) is 3.20. The molecule has 0 aromatic carbocycles. The summed E-state index contributed by atoms with van der Waals surface area (Å²) in [5.74, 6) is 0.165. The van der Waals surface area contributed by atoms with Gasteiger partial charge in [-0.25, -0.2) is 4.98 Å². The van der Waals surface area contributed by atoms with Crippen molar-refractivity contribution in [2.24, 2.45) is 0 Å². The molecule has 112 valence electrons. The minimum Gasteiger partial charge on any atom is -0.377 e. The SMILES string of the molecule is O=C(CCCn1ccnc1)N1CCOCC1c1ccn[nH]1. The summed E-state index contributed by atoms with van der Waals surface area (Å²) in [6.45, 7) is 2.56. The van der Waals surface area contributed by atoms with Gasteiger partial charge in [-0.15, -0.1) is 0 Å². The minimum atomic E-state index is -0.0537. The summed E-state index contributed by atoms with van der Waals surface area (Å²) >= 11 is 0. The standard InChI is InChI=1S/C14H19N5O2/c20-14(2-1-6-18-7-5-15-11-18)19-8-9-21-10-13(19)12-3-4-16-17-12/h3-5,7,11,13H,1-2,6,8-10H2,(H,16,17). The predicted octanol–water partition coefficient (Wildman–Crippen LogP) is 0.986. The van der Waals surface area contributed by atoms with E-state index in [0.29, 0.717) is 26.2 Å². The van der Waals surface area contributed by atoms with Gasteiger partial charge in [-0.1, -0.05) is 0 Å². The van der Waals surface area contributed by atoms with Gasteiger partial charge in [0.2, 0.25) is 5.91 Å². The molecule has 7 nitrogen and oxygen atoms in total. The van der Waals surface area contributed by atoms with Crippen LogP contribution in [0.25, 0.3) is 0 Å². The zero-order chi connectivity index (χ0) is 14.5. The van der Waals surface area contributed by atoms with Crippen molar-refractivity contribution < 1.29 is 9.53 Å². The number of hydrogen-bond acceptors (Lipinski definition) is 4. The van der Waals surface area contributed by atoms with Crippen LogP contribution in [0.15, 0.2) is 31.0 Å². The Morgan fingerprint density at radius 3 is 3.19 bits per heavy atom. The van der Waals surface area contributed by atoms with E-state index in [-0.39, 0.29) is 11.9 Å². The van der Waals surface area contributed by atoms with E-state index in [1.54, 1.807) is 18.7 Å². The van der Waals surface area contributed by atoms with Gasteiger partial charge in [0.05, 0.1) is 31.3 Å². The summed E-state index contributed by atoms with van der Waals surface area (Å²) in [6, 6.07) is 1.84. The van der Waals surface area contributed by atoms with Crippen molar-refractivity contribution in [1.82, 2.24) is 24.6 Å². The minimum absolute atomic E-state index is 0.0537. The largest absolute Gasteiger partial charge is 0.377 e. The third kappa shape index (κ3) is 3.30. The molecule has 0 aliphatic carbocycles. The van der Waals surface area contributed by atoms with Crippen molar-refractivity contribution in [1.29, 1.82) is 0 Å². The molecular formula is C14H19N5O2. The van der Waals surface area contributed by atoms with Crippen LogP contribution in [-0.2, 0) is 16.1 Å². The van der Waals surface area contributed by atoms with Gasteiger partial charge in [0.25, 0.3) is 0 Å². The van der Waals surface area contributed by atoms with Crippen molar-refractivity contribution in [3.8, 4) is 0 Å². The molecule has 1 aliphatic rings. The lowest BCUT2D eigenvalue weighted by Gasteiger charge is -2.35. The van der Waals surface area contributed by atoms with Gasteiger partial charge >= 0.3 is 0 Å². The number of morpholine rings is 1. The van der Waals surface area contributed by atoms with Crippen LogP contribution in [0.3, 0.4) is 0 Å². The summed E-state index contributed by atoms with van der Waals surface area (Å²) in [5.41, 5.74) is 0.928. The number of aryl methyl sites for hydroxylation is 1. The maximum atomic E-state index is 12.4. The van der Waals surface area contributed by atoms with Gasteiger partial charge in [-0.2, -0.15) is 5.10 Å². The fourth-order valence-electron chi connectivity index (χ4n) is 2.59. The highest BCUT2D eigenvalue weighted by Gasteiger charge is 2.28. The molecule has 1 atom stereocenters. The van der Waals surface area contributed by atoms with Crippen LogP contribution >= 0.6 is 0 Å². The highest BCUT2D eigenvalue weighted by Crippen LogP contribution is 2.23.